The zero-order valence-electron chi connectivity index (χ0n) is 15.5. The summed E-state index contributed by atoms with van der Waals surface area (Å²) in [5.74, 6) is -2.75. The minimum absolute atomic E-state index is 0.141. The molecule has 1 saturated heterocycles. The van der Waals surface area contributed by atoms with Crippen LogP contribution in [0.4, 0.5) is 5.69 Å². The molecule has 152 valence electrons. The molecule has 0 unspecified atom stereocenters. The summed E-state index contributed by atoms with van der Waals surface area (Å²) in [5, 5.41) is 13.4. The fraction of sp³-hybridized carbons (Fsp3) is 0.500. The van der Waals surface area contributed by atoms with Crippen molar-refractivity contribution in [2.24, 2.45) is 5.73 Å². The average molecular weight is 393 g/mol. The molecule has 1 aliphatic heterocycles. The van der Waals surface area contributed by atoms with E-state index in [0.717, 1.165) is 6.42 Å². The summed E-state index contributed by atoms with van der Waals surface area (Å²) < 4.78 is 10.3. The predicted octanol–water partition coefficient (Wildman–Crippen LogP) is 0.781. The molecular formula is C18H23N3O7. The molecule has 1 fully saturated rings. The Kier molecular flexibility index (Phi) is 7.44. The van der Waals surface area contributed by atoms with E-state index in [9.17, 15) is 24.5 Å². The first-order valence-electron chi connectivity index (χ1n) is 8.94. The molecule has 0 saturated carbocycles. The number of ether oxygens (including phenoxy) is 2. The lowest BCUT2D eigenvalue weighted by Gasteiger charge is -2.26. The van der Waals surface area contributed by atoms with E-state index < -0.39 is 40.8 Å². The van der Waals surface area contributed by atoms with E-state index in [1.807, 2.05) is 0 Å². The lowest BCUT2D eigenvalue weighted by atomic mass is 9.87. The molecule has 0 spiro atoms. The first kappa shape index (κ1) is 21.3. The molecule has 10 heteroatoms. The normalized spacial score (nSPS) is 18.1. The maximum atomic E-state index is 12.4. The highest BCUT2D eigenvalue weighted by Crippen LogP contribution is 2.27. The van der Waals surface area contributed by atoms with Crippen LogP contribution in [-0.4, -0.2) is 48.1 Å². The summed E-state index contributed by atoms with van der Waals surface area (Å²) in [6, 6.07) is 4.16. The highest BCUT2D eigenvalue weighted by Gasteiger charge is 2.34. The topological polar surface area (TPSA) is 151 Å². The number of nitrogens with one attached hydrogen (secondary N) is 1. The number of rotatable bonds is 9. The number of esters is 1. The van der Waals surface area contributed by atoms with E-state index in [1.165, 1.54) is 24.3 Å². The Bertz CT molecular complexity index is 729. The van der Waals surface area contributed by atoms with Crippen LogP contribution in [0.3, 0.4) is 0 Å². The number of amides is 2. The molecule has 1 aromatic rings. The first-order chi connectivity index (χ1) is 13.3. The van der Waals surface area contributed by atoms with Crippen molar-refractivity contribution in [3.63, 3.8) is 0 Å². The molecule has 2 rings (SSSR count). The lowest BCUT2D eigenvalue weighted by Crippen LogP contribution is -2.51. The minimum Gasteiger partial charge on any atom is -0.466 e. The van der Waals surface area contributed by atoms with Crippen LogP contribution in [-0.2, 0) is 23.9 Å². The van der Waals surface area contributed by atoms with Crippen LogP contribution in [0.1, 0.15) is 37.7 Å². The molecule has 10 nitrogen and oxygen atoms in total. The molecule has 28 heavy (non-hydrogen) atoms. The second-order valence-corrected chi connectivity index (χ2v) is 6.35. The lowest BCUT2D eigenvalue weighted by molar-refractivity contribution is -0.384. The number of benzene rings is 1. The molecule has 1 aliphatic rings. The average Bonchev–Trinajstić information content (AvgIpc) is 3.19. The molecule has 0 aliphatic carbocycles. The molecule has 3 atom stereocenters. The smallest absolute Gasteiger partial charge is 0.306 e. The summed E-state index contributed by atoms with van der Waals surface area (Å²) >= 11 is 0. The van der Waals surface area contributed by atoms with Crippen LogP contribution in [0.25, 0.3) is 0 Å². The molecule has 0 aromatic heterocycles. The third-order valence-corrected chi connectivity index (χ3v) is 4.45. The zero-order valence-corrected chi connectivity index (χ0v) is 15.5. The summed E-state index contributed by atoms with van der Waals surface area (Å²) in [5.41, 5.74) is 5.79. The highest BCUT2D eigenvalue weighted by atomic mass is 16.6. The van der Waals surface area contributed by atoms with Crippen molar-refractivity contribution in [1.29, 1.82) is 0 Å². The van der Waals surface area contributed by atoms with Crippen molar-refractivity contribution < 1.29 is 28.8 Å². The van der Waals surface area contributed by atoms with Gasteiger partial charge in [0.25, 0.3) is 5.69 Å². The van der Waals surface area contributed by atoms with Gasteiger partial charge >= 0.3 is 5.97 Å². The van der Waals surface area contributed by atoms with E-state index in [0.29, 0.717) is 18.6 Å². The Labute approximate surface area is 161 Å². The van der Waals surface area contributed by atoms with Gasteiger partial charge in [-0.25, -0.2) is 0 Å². The molecule has 2 amide bonds. The highest BCUT2D eigenvalue weighted by molar-refractivity contribution is 5.90. The Morgan fingerprint density at radius 3 is 2.54 bits per heavy atom. The van der Waals surface area contributed by atoms with Gasteiger partial charge in [0.2, 0.25) is 11.8 Å². The minimum atomic E-state index is -1.21. The van der Waals surface area contributed by atoms with Gasteiger partial charge in [-0.1, -0.05) is 12.1 Å². The van der Waals surface area contributed by atoms with Gasteiger partial charge in [-0.05, 0) is 25.3 Å². The van der Waals surface area contributed by atoms with Gasteiger partial charge in [0.15, 0.2) is 0 Å². The van der Waals surface area contributed by atoms with Crippen LogP contribution in [0, 0.1) is 10.1 Å². The number of hydrogen-bond donors (Lipinski definition) is 2. The Morgan fingerprint density at radius 1 is 1.36 bits per heavy atom. The fourth-order valence-corrected chi connectivity index (χ4v) is 3.07. The molecule has 3 N–H and O–H groups in total. The third kappa shape index (κ3) is 5.49. The number of nitro groups is 1. The van der Waals surface area contributed by atoms with Crippen molar-refractivity contribution in [3.8, 4) is 0 Å². The largest absolute Gasteiger partial charge is 0.466 e. The van der Waals surface area contributed by atoms with Crippen molar-refractivity contribution in [1.82, 2.24) is 5.32 Å². The van der Waals surface area contributed by atoms with Gasteiger partial charge in [0.05, 0.1) is 18.0 Å². The van der Waals surface area contributed by atoms with Crippen molar-refractivity contribution in [2.75, 3.05) is 13.2 Å². The van der Waals surface area contributed by atoms with Crippen LogP contribution < -0.4 is 11.1 Å². The van der Waals surface area contributed by atoms with Gasteiger partial charge in [-0.3, -0.25) is 24.5 Å². The summed E-state index contributed by atoms with van der Waals surface area (Å²) in [6.45, 7) is 2.24. The maximum Gasteiger partial charge on any atom is 0.306 e. The predicted molar refractivity (Wildman–Crippen MR) is 97.2 cm³/mol. The molecular weight excluding hydrogens is 370 g/mol. The second kappa shape index (κ2) is 9.79. The quantitative estimate of drug-likeness (QED) is 0.357. The van der Waals surface area contributed by atoms with Crippen molar-refractivity contribution in [3.05, 3.63) is 39.9 Å². The molecule has 0 radical (unpaired) electrons. The number of non-ortho nitro benzene ring substituents is 1. The Balaban J connectivity index is 2.29. The van der Waals surface area contributed by atoms with Gasteiger partial charge in [0.1, 0.15) is 12.1 Å². The second-order valence-electron chi connectivity index (χ2n) is 6.35. The number of nitrogens with zero attached hydrogens (tertiary/aromatic N) is 1. The maximum absolute atomic E-state index is 12.4. The van der Waals surface area contributed by atoms with Gasteiger partial charge in [-0.15, -0.1) is 0 Å². The third-order valence-electron chi connectivity index (χ3n) is 4.45. The summed E-state index contributed by atoms with van der Waals surface area (Å²) in [6.07, 6.45) is 0.345. The summed E-state index contributed by atoms with van der Waals surface area (Å²) in [7, 11) is 0. The van der Waals surface area contributed by atoms with Crippen molar-refractivity contribution >= 4 is 23.5 Å². The number of carbonyl (C=O) groups is 3. The molecule has 0 bridgehead atoms. The van der Waals surface area contributed by atoms with Gasteiger partial charge in [-0.2, -0.15) is 0 Å². The summed E-state index contributed by atoms with van der Waals surface area (Å²) in [4.78, 5) is 46.8. The standard InChI is InChI=1S/C18H23N3O7/c1-2-27-15(22)10-13(11-5-7-12(8-6-11)21(25)26)16(17(19)23)20-18(24)14-4-3-9-28-14/h5-8,13-14,16H,2-4,9-10H2,1H3,(H2,19,23)(H,20,24)/t13-,14-,16-/m0/s1. The van der Waals surface area contributed by atoms with Gasteiger partial charge in [0, 0.05) is 24.7 Å². The van der Waals surface area contributed by atoms with Gasteiger partial charge < -0.3 is 20.5 Å². The van der Waals surface area contributed by atoms with Crippen LogP contribution in [0.15, 0.2) is 24.3 Å². The Morgan fingerprint density at radius 2 is 2.04 bits per heavy atom. The van der Waals surface area contributed by atoms with Crippen LogP contribution >= 0.6 is 0 Å². The number of nitro benzene ring substituents is 1. The molecule has 1 aromatic carbocycles. The zero-order chi connectivity index (χ0) is 20.7. The van der Waals surface area contributed by atoms with E-state index in [4.69, 9.17) is 15.2 Å². The van der Waals surface area contributed by atoms with Crippen LogP contribution in [0.5, 0.6) is 0 Å². The van der Waals surface area contributed by atoms with Crippen molar-refractivity contribution in [2.45, 2.75) is 44.2 Å². The number of carbonyl (C=O) groups excluding carboxylic acids is 3. The number of hydrogen-bond acceptors (Lipinski definition) is 7. The van der Waals surface area contributed by atoms with E-state index in [1.54, 1.807) is 6.92 Å². The van der Waals surface area contributed by atoms with Crippen LogP contribution in [0.2, 0.25) is 0 Å². The first-order valence-corrected chi connectivity index (χ1v) is 8.94. The fourth-order valence-electron chi connectivity index (χ4n) is 3.07. The monoisotopic (exact) mass is 393 g/mol. The van der Waals surface area contributed by atoms with E-state index in [-0.39, 0.29) is 18.7 Å². The van der Waals surface area contributed by atoms with E-state index in [2.05, 4.69) is 5.32 Å². The number of primary amides is 1. The Hall–Kier alpha value is -3.01. The molecule has 1 heterocycles. The number of nitrogens with two attached hydrogens (primary N) is 1. The van der Waals surface area contributed by atoms with E-state index >= 15 is 0 Å². The SMILES string of the molecule is CCOC(=O)C[C@@H](c1ccc([N+](=O)[O-])cc1)[C@H](NC(=O)[C@@H]1CCCO1)C(N)=O.